The van der Waals surface area contributed by atoms with Gasteiger partial charge in [-0.1, -0.05) is 6.07 Å². The zero-order valence-electron chi connectivity index (χ0n) is 12.4. The van der Waals surface area contributed by atoms with Gasteiger partial charge in [0.2, 0.25) is 0 Å². The average molecular weight is 326 g/mol. The van der Waals surface area contributed by atoms with Crippen LogP contribution in [0.4, 0.5) is 5.82 Å². The minimum atomic E-state index is -3.03. The van der Waals surface area contributed by atoms with Crippen molar-refractivity contribution in [2.75, 3.05) is 43.5 Å². The summed E-state index contributed by atoms with van der Waals surface area (Å²) in [4.78, 5) is 8.38. The first-order valence-electron chi connectivity index (χ1n) is 7.49. The van der Waals surface area contributed by atoms with Gasteiger partial charge in [-0.15, -0.1) is 0 Å². The molecular weight excluding hydrogens is 304 g/mol. The molecule has 0 spiro atoms. The normalized spacial score (nSPS) is 28.6. The van der Waals surface area contributed by atoms with Crippen LogP contribution in [-0.4, -0.2) is 78.1 Å². The van der Waals surface area contributed by atoms with Gasteiger partial charge in [-0.25, -0.2) is 13.4 Å². The van der Waals surface area contributed by atoms with E-state index in [1.165, 1.54) is 0 Å². The van der Waals surface area contributed by atoms with E-state index in [1.54, 1.807) is 6.20 Å². The number of hydrogen-bond acceptors (Lipinski definition) is 7. The third-order valence-electron chi connectivity index (χ3n) is 4.59. The van der Waals surface area contributed by atoms with E-state index in [-0.39, 0.29) is 30.2 Å². The molecule has 3 rings (SSSR count). The van der Waals surface area contributed by atoms with Gasteiger partial charge in [-0.2, -0.15) is 0 Å². The molecule has 22 heavy (non-hydrogen) atoms. The van der Waals surface area contributed by atoms with Crippen LogP contribution in [0.5, 0.6) is 0 Å². The zero-order valence-corrected chi connectivity index (χ0v) is 13.2. The average Bonchev–Trinajstić information content (AvgIpc) is 2.80. The SMILES string of the molecule is Nc1ncccc1CN1CCN(CCO)[C@@H]2CS(=O)(=O)C[C@@H]21. The number of aliphatic hydroxyl groups is 1. The molecule has 1 aromatic heterocycles. The summed E-state index contributed by atoms with van der Waals surface area (Å²) < 4.78 is 24.1. The lowest BCUT2D eigenvalue weighted by molar-refractivity contribution is 0.0308. The molecule has 8 heteroatoms. The first-order chi connectivity index (χ1) is 10.5. The number of anilines is 1. The van der Waals surface area contributed by atoms with Crippen LogP contribution in [0.1, 0.15) is 5.56 Å². The van der Waals surface area contributed by atoms with E-state index >= 15 is 0 Å². The van der Waals surface area contributed by atoms with Crippen molar-refractivity contribution >= 4 is 15.7 Å². The number of nitrogens with two attached hydrogens (primary N) is 1. The van der Waals surface area contributed by atoms with E-state index in [4.69, 9.17) is 5.73 Å². The Bertz CT molecular complexity index is 637. The Balaban J connectivity index is 1.80. The zero-order chi connectivity index (χ0) is 15.7. The molecule has 0 bridgehead atoms. The van der Waals surface area contributed by atoms with Crippen molar-refractivity contribution in [1.82, 2.24) is 14.8 Å². The number of aliphatic hydroxyl groups excluding tert-OH is 1. The molecule has 0 radical (unpaired) electrons. The number of aromatic nitrogens is 1. The van der Waals surface area contributed by atoms with Crippen molar-refractivity contribution < 1.29 is 13.5 Å². The lowest BCUT2D eigenvalue weighted by Gasteiger charge is -2.43. The van der Waals surface area contributed by atoms with Crippen molar-refractivity contribution in [2.24, 2.45) is 0 Å². The molecule has 3 heterocycles. The quantitative estimate of drug-likeness (QED) is 0.727. The molecule has 7 nitrogen and oxygen atoms in total. The van der Waals surface area contributed by atoms with E-state index < -0.39 is 9.84 Å². The van der Waals surface area contributed by atoms with Gasteiger partial charge < -0.3 is 10.8 Å². The monoisotopic (exact) mass is 326 g/mol. The molecule has 2 saturated heterocycles. The molecule has 2 aliphatic heterocycles. The molecule has 0 aliphatic carbocycles. The predicted octanol–water partition coefficient (Wildman–Crippen LogP) is -1.06. The highest BCUT2D eigenvalue weighted by molar-refractivity contribution is 7.91. The minimum Gasteiger partial charge on any atom is -0.395 e. The number of hydrogen-bond donors (Lipinski definition) is 2. The number of nitrogen functional groups attached to an aromatic ring is 1. The van der Waals surface area contributed by atoms with Gasteiger partial charge in [0.25, 0.3) is 0 Å². The molecule has 2 aliphatic rings. The van der Waals surface area contributed by atoms with Crippen molar-refractivity contribution in [3.8, 4) is 0 Å². The van der Waals surface area contributed by atoms with Crippen LogP contribution in [0.2, 0.25) is 0 Å². The Labute approximate surface area is 130 Å². The highest BCUT2D eigenvalue weighted by atomic mass is 32.2. The molecule has 3 N–H and O–H groups in total. The summed E-state index contributed by atoms with van der Waals surface area (Å²) in [5.41, 5.74) is 6.84. The molecular formula is C14H22N4O3S. The van der Waals surface area contributed by atoms with Crippen LogP contribution in [-0.2, 0) is 16.4 Å². The van der Waals surface area contributed by atoms with Gasteiger partial charge in [-0.05, 0) is 6.07 Å². The van der Waals surface area contributed by atoms with Crippen LogP contribution < -0.4 is 5.73 Å². The number of fused-ring (bicyclic) bond motifs is 1. The summed E-state index contributed by atoms with van der Waals surface area (Å²) in [7, 11) is -3.03. The molecule has 2 fully saturated rings. The fourth-order valence-corrected chi connectivity index (χ4v) is 5.54. The fraction of sp³-hybridized carbons (Fsp3) is 0.643. The van der Waals surface area contributed by atoms with Crippen molar-refractivity contribution in [2.45, 2.75) is 18.6 Å². The van der Waals surface area contributed by atoms with E-state index in [0.717, 1.165) is 18.7 Å². The number of β-amino-alcohol motifs (C(OH)–C–C–N with tert-alkyl or cyclic N) is 1. The van der Waals surface area contributed by atoms with E-state index in [1.807, 2.05) is 12.1 Å². The van der Waals surface area contributed by atoms with Crippen molar-refractivity contribution in [1.29, 1.82) is 0 Å². The fourth-order valence-electron chi connectivity index (χ4n) is 3.50. The molecule has 0 unspecified atom stereocenters. The number of piperazine rings is 1. The number of nitrogens with zero attached hydrogens (tertiary/aromatic N) is 3. The van der Waals surface area contributed by atoms with Crippen LogP contribution in [0.3, 0.4) is 0 Å². The maximum absolute atomic E-state index is 12.1. The van der Waals surface area contributed by atoms with E-state index in [2.05, 4.69) is 14.8 Å². The number of rotatable bonds is 4. The van der Waals surface area contributed by atoms with Gasteiger partial charge >= 0.3 is 0 Å². The largest absolute Gasteiger partial charge is 0.395 e. The highest BCUT2D eigenvalue weighted by Gasteiger charge is 2.46. The molecule has 122 valence electrons. The van der Waals surface area contributed by atoms with E-state index in [9.17, 15) is 13.5 Å². The number of pyridine rings is 1. The molecule has 0 amide bonds. The smallest absolute Gasteiger partial charge is 0.153 e. The topological polar surface area (TPSA) is 99.8 Å². The summed E-state index contributed by atoms with van der Waals surface area (Å²) in [6, 6.07) is 3.70. The van der Waals surface area contributed by atoms with Gasteiger partial charge in [-0.3, -0.25) is 9.80 Å². The van der Waals surface area contributed by atoms with Gasteiger partial charge in [0.15, 0.2) is 9.84 Å². The second-order valence-electron chi connectivity index (χ2n) is 5.99. The number of sulfone groups is 1. The molecule has 0 saturated carbocycles. The summed E-state index contributed by atoms with van der Waals surface area (Å²) in [5, 5.41) is 9.18. The third kappa shape index (κ3) is 3.10. The molecule has 0 aromatic carbocycles. The molecule has 2 atom stereocenters. The summed E-state index contributed by atoms with van der Waals surface area (Å²) in [6.45, 7) is 2.73. The highest BCUT2D eigenvalue weighted by Crippen LogP contribution is 2.28. The van der Waals surface area contributed by atoms with Gasteiger partial charge in [0.1, 0.15) is 5.82 Å². The predicted molar refractivity (Wildman–Crippen MR) is 83.9 cm³/mol. The summed E-state index contributed by atoms with van der Waals surface area (Å²) in [5.74, 6) is 0.855. The lowest BCUT2D eigenvalue weighted by Crippen LogP contribution is -2.59. The Kier molecular flexibility index (Phi) is 4.35. The maximum atomic E-state index is 12.1. The Morgan fingerprint density at radius 1 is 1.27 bits per heavy atom. The summed E-state index contributed by atoms with van der Waals surface area (Å²) >= 11 is 0. The first-order valence-corrected chi connectivity index (χ1v) is 9.31. The van der Waals surface area contributed by atoms with Crippen molar-refractivity contribution in [3.05, 3.63) is 23.9 Å². The maximum Gasteiger partial charge on any atom is 0.153 e. The lowest BCUT2D eigenvalue weighted by atomic mass is 10.0. The Hall–Kier alpha value is -1.22. The van der Waals surface area contributed by atoms with Gasteiger partial charge in [0, 0.05) is 50.0 Å². The van der Waals surface area contributed by atoms with Crippen LogP contribution in [0, 0.1) is 0 Å². The second-order valence-corrected chi connectivity index (χ2v) is 8.14. The van der Waals surface area contributed by atoms with Crippen LogP contribution >= 0.6 is 0 Å². The van der Waals surface area contributed by atoms with Crippen LogP contribution in [0.15, 0.2) is 18.3 Å². The Morgan fingerprint density at radius 3 is 2.64 bits per heavy atom. The summed E-state index contributed by atoms with van der Waals surface area (Å²) in [6.07, 6.45) is 1.65. The minimum absolute atomic E-state index is 0.0371. The first kappa shape index (κ1) is 15.7. The van der Waals surface area contributed by atoms with Crippen LogP contribution in [0.25, 0.3) is 0 Å². The van der Waals surface area contributed by atoms with Crippen molar-refractivity contribution in [3.63, 3.8) is 0 Å². The standard InChI is InChI=1S/C14H22N4O3S/c15-14-11(2-1-3-16-14)8-18-5-4-17(6-7-19)12-9-22(20,21)10-13(12)18/h1-3,12-13,19H,4-10H2,(H2,15,16)/t12-,13+/m1/s1. The second kappa shape index (κ2) is 6.11. The van der Waals surface area contributed by atoms with Gasteiger partial charge in [0.05, 0.1) is 18.1 Å². The van der Waals surface area contributed by atoms with E-state index in [0.29, 0.717) is 18.9 Å². The Morgan fingerprint density at radius 2 is 1.95 bits per heavy atom. The molecule has 1 aromatic rings. The third-order valence-corrected chi connectivity index (χ3v) is 6.29.